The highest BCUT2D eigenvalue weighted by Crippen LogP contribution is 2.48. The van der Waals surface area contributed by atoms with E-state index in [1.165, 1.54) is 11.8 Å². The predicted molar refractivity (Wildman–Crippen MR) is 161 cm³/mol. The molecule has 2 heterocycles. The Labute approximate surface area is 244 Å². The lowest BCUT2D eigenvalue weighted by Gasteiger charge is -2.25. The molecule has 0 fully saturated rings. The Kier molecular flexibility index (Phi) is 8.42. The molecule has 0 saturated heterocycles. The van der Waals surface area contributed by atoms with Gasteiger partial charge in [-0.1, -0.05) is 54.6 Å². The number of anilines is 1. The molecule has 1 aliphatic heterocycles. The minimum Gasteiger partial charge on any atom is -0.398 e. The number of fused-ring (bicyclic) bond motifs is 4. The number of rotatable bonds is 9. The number of oxazole rings is 1. The van der Waals surface area contributed by atoms with Crippen LogP contribution in [0.3, 0.4) is 0 Å². The van der Waals surface area contributed by atoms with Gasteiger partial charge in [-0.05, 0) is 60.7 Å². The fourth-order valence-corrected chi connectivity index (χ4v) is 7.10. The molecular weight excluding hydrogens is 592 g/mol. The minimum atomic E-state index is -4.11. The van der Waals surface area contributed by atoms with E-state index in [-0.39, 0.29) is 12.2 Å². The maximum absolute atomic E-state index is 12.1. The number of hydrogen-bond donors (Lipinski definition) is 2. The Morgan fingerprint density at radius 1 is 1.23 bits per heavy atom. The summed E-state index contributed by atoms with van der Waals surface area (Å²) in [5.41, 5.74) is 3.16. The van der Waals surface area contributed by atoms with Crippen LogP contribution in [0.15, 0.2) is 80.6 Å². The number of aryl methyl sites for hydroxylation is 1. The van der Waals surface area contributed by atoms with Crippen LogP contribution in [0.2, 0.25) is 5.02 Å². The van der Waals surface area contributed by atoms with E-state index in [9.17, 15) is 21.7 Å². The first-order valence-electron chi connectivity index (χ1n) is 12.6. The average Bonchev–Trinajstić information content (AvgIpc) is 3.44. The van der Waals surface area contributed by atoms with Crippen LogP contribution in [0.1, 0.15) is 32.6 Å². The molecular formula is C28H28ClN2O6S3+. The third-order valence-corrected chi connectivity index (χ3v) is 9.63. The third-order valence-electron chi connectivity index (χ3n) is 6.71. The normalized spacial score (nSPS) is 16.7. The summed E-state index contributed by atoms with van der Waals surface area (Å²) in [7, 11) is -4.11. The Hall–Kier alpha value is -2.67. The van der Waals surface area contributed by atoms with Crippen LogP contribution in [0, 0.1) is 0 Å². The Morgan fingerprint density at radius 2 is 2.00 bits per heavy atom. The molecule has 2 unspecified atom stereocenters. The highest BCUT2D eigenvalue weighted by Gasteiger charge is 2.32. The average molecular weight is 620 g/mol. The maximum Gasteiger partial charge on any atom is 0.374 e. The molecule has 12 heteroatoms. The Balaban J connectivity index is 1.62. The van der Waals surface area contributed by atoms with E-state index >= 15 is 0 Å². The predicted octanol–water partition coefficient (Wildman–Crippen LogP) is 6.62. The third kappa shape index (κ3) is 6.00. The van der Waals surface area contributed by atoms with E-state index in [1.54, 1.807) is 19.1 Å². The highest BCUT2D eigenvalue weighted by molar-refractivity contribution is 8.03. The van der Waals surface area contributed by atoms with Crippen LogP contribution in [0.25, 0.3) is 27.9 Å². The van der Waals surface area contributed by atoms with Crippen LogP contribution < -0.4 is 9.47 Å². The number of aromatic nitrogens is 1. The number of hydrogen-bond acceptors (Lipinski definition) is 6. The fourth-order valence-electron chi connectivity index (χ4n) is 4.78. The molecule has 40 heavy (non-hydrogen) atoms. The molecule has 0 bridgehead atoms. The maximum atomic E-state index is 12.1. The first-order valence-corrected chi connectivity index (χ1v) is 16.6. The fraction of sp³-hybridized carbons (Fsp3) is 0.250. The van der Waals surface area contributed by atoms with Gasteiger partial charge in [0.2, 0.25) is 5.58 Å². The zero-order valence-electron chi connectivity index (χ0n) is 21.8. The van der Waals surface area contributed by atoms with Gasteiger partial charge in [0.1, 0.15) is 5.37 Å². The molecule has 0 saturated carbocycles. The monoisotopic (exact) mass is 619 g/mol. The van der Waals surface area contributed by atoms with E-state index < -0.39 is 26.6 Å². The molecule has 5 rings (SSSR count). The second-order valence-electron chi connectivity index (χ2n) is 9.38. The van der Waals surface area contributed by atoms with E-state index in [1.807, 2.05) is 71.0 Å². The molecule has 3 aromatic carbocycles. The summed E-state index contributed by atoms with van der Waals surface area (Å²) in [6, 6.07) is 17.2. The van der Waals surface area contributed by atoms with Crippen molar-refractivity contribution in [2.45, 2.75) is 43.5 Å². The van der Waals surface area contributed by atoms with Gasteiger partial charge in [-0.25, -0.2) is 4.21 Å². The standard InChI is InChI=1S/C28H27ClN2O6S3/c1-3-19(16-27-31(18(2)39(32)33)23-17-21(29)10-12-25(23)38-27)15-26-30(13-6-14-40(34,35)36)28-22-8-5-4-7-20(22)9-11-24(28)37-26/h4-5,7-12,15-18H,3,6,13-14H2,1-2H3,(H-,32,33,34,35,36)/p+1. The van der Waals surface area contributed by atoms with Crippen molar-refractivity contribution in [1.82, 2.24) is 0 Å². The molecule has 0 amide bonds. The van der Waals surface area contributed by atoms with Crippen LogP contribution >= 0.6 is 23.4 Å². The van der Waals surface area contributed by atoms with Gasteiger partial charge in [0.15, 0.2) is 17.6 Å². The van der Waals surface area contributed by atoms with Crippen LogP contribution in [-0.4, -0.2) is 32.9 Å². The summed E-state index contributed by atoms with van der Waals surface area (Å²) < 4.78 is 62.4. The summed E-state index contributed by atoms with van der Waals surface area (Å²) in [5, 5.41) is 2.59. The van der Waals surface area contributed by atoms with Crippen molar-refractivity contribution in [3.63, 3.8) is 0 Å². The van der Waals surface area contributed by atoms with E-state index in [4.69, 9.17) is 16.0 Å². The second kappa shape index (κ2) is 11.7. The van der Waals surface area contributed by atoms with Crippen molar-refractivity contribution in [1.29, 1.82) is 0 Å². The molecule has 2 atom stereocenters. The minimum absolute atomic E-state index is 0.199. The van der Waals surface area contributed by atoms with Gasteiger partial charge in [-0.15, -0.1) is 0 Å². The molecule has 1 aromatic heterocycles. The number of halogens is 1. The molecule has 8 nitrogen and oxygen atoms in total. The van der Waals surface area contributed by atoms with Crippen molar-refractivity contribution < 1.29 is 30.7 Å². The second-order valence-corrected chi connectivity index (χ2v) is 13.7. The van der Waals surface area contributed by atoms with Crippen LogP contribution in [0.4, 0.5) is 5.69 Å². The molecule has 0 radical (unpaired) electrons. The van der Waals surface area contributed by atoms with Gasteiger partial charge in [0.25, 0.3) is 15.6 Å². The van der Waals surface area contributed by atoms with Gasteiger partial charge < -0.3 is 13.9 Å². The molecule has 0 aliphatic carbocycles. The molecule has 210 valence electrons. The number of thioether (sulfide) groups is 1. The molecule has 0 spiro atoms. The lowest BCUT2D eigenvalue weighted by Crippen LogP contribution is -2.36. The summed E-state index contributed by atoms with van der Waals surface area (Å²) in [4.78, 5) is 2.75. The van der Waals surface area contributed by atoms with Crippen LogP contribution in [-0.2, 0) is 27.7 Å². The highest BCUT2D eigenvalue weighted by atomic mass is 35.5. The largest absolute Gasteiger partial charge is 0.398 e. The van der Waals surface area contributed by atoms with E-state index in [2.05, 4.69) is 0 Å². The van der Waals surface area contributed by atoms with Gasteiger partial charge in [0, 0.05) is 16.3 Å². The zero-order valence-corrected chi connectivity index (χ0v) is 25.0. The van der Waals surface area contributed by atoms with Crippen molar-refractivity contribution in [3.8, 4) is 0 Å². The first kappa shape index (κ1) is 28.8. The smallest absolute Gasteiger partial charge is 0.374 e. The van der Waals surface area contributed by atoms with E-state index in [0.717, 1.165) is 37.5 Å². The quantitative estimate of drug-likeness (QED) is 0.122. The summed E-state index contributed by atoms with van der Waals surface area (Å²) >= 11 is 5.63. The van der Waals surface area contributed by atoms with Crippen molar-refractivity contribution >= 4 is 78.2 Å². The van der Waals surface area contributed by atoms with Crippen LogP contribution in [0.5, 0.6) is 0 Å². The first-order chi connectivity index (χ1) is 19.1. The van der Waals surface area contributed by atoms with Gasteiger partial charge >= 0.3 is 5.89 Å². The Morgan fingerprint density at radius 3 is 2.73 bits per heavy atom. The lowest BCUT2D eigenvalue weighted by atomic mass is 10.1. The summed E-state index contributed by atoms with van der Waals surface area (Å²) in [6.45, 7) is 4.00. The van der Waals surface area contributed by atoms with Crippen molar-refractivity contribution in [3.05, 3.63) is 82.2 Å². The molecule has 4 aromatic rings. The van der Waals surface area contributed by atoms with Crippen molar-refractivity contribution in [2.75, 3.05) is 10.7 Å². The lowest BCUT2D eigenvalue weighted by molar-refractivity contribution is -0.677. The SMILES string of the molecule is CCC(/C=C1\Sc2ccc(Cl)cc2N1C(C)S(=O)O)=C\c1oc2ccc3ccccc3c2[n+]1CCCS(=O)(=O)O. The molecule has 2 N–H and O–H groups in total. The molecule has 1 aliphatic rings. The van der Waals surface area contributed by atoms with E-state index in [0.29, 0.717) is 29.5 Å². The number of allylic oxidation sites excluding steroid dienone is 2. The van der Waals surface area contributed by atoms with Gasteiger partial charge in [0.05, 0.1) is 27.9 Å². The topological polar surface area (TPSA) is 112 Å². The van der Waals surface area contributed by atoms with Gasteiger partial charge in [-0.3, -0.25) is 4.55 Å². The summed E-state index contributed by atoms with van der Waals surface area (Å²) in [6.07, 6.45) is 4.71. The van der Waals surface area contributed by atoms with Crippen molar-refractivity contribution in [2.24, 2.45) is 0 Å². The number of benzene rings is 3. The van der Waals surface area contributed by atoms with Gasteiger partial charge in [-0.2, -0.15) is 13.0 Å². The Bertz CT molecular complexity index is 1800. The number of nitrogens with zero attached hydrogens (tertiary/aromatic N) is 2. The zero-order chi connectivity index (χ0) is 28.6. The summed E-state index contributed by atoms with van der Waals surface area (Å²) in [5.74, 6) is 0.165.